The van der Waals surface area contributed by atoms with Gasteiger partial charge in [0.1, 0.15) is 5.88 Å². The van der Waals surface area contributed by atoms with Crippen molar-refractivity contribution in [1.29, 1.82) is 0 Å². The van der Waals surface area contributed by atoms with Gasteiger partial charge in [-0.3, -0.25) is 4.79 Å². The maximum Gasteiger partial charge on any atom is 0.235 e. The zero-order chi connectivity index (χ0) is 13.1. The van der Waals surface area contributed by atoms with Gasteiger partial charge in [-0.05, 0) is 23.5 Å². The Morgan fingerprint density at radius 1 is 1.29 bits per heavy atom. The Labute approximate surface area is 108 Å². The molecule has 0 unspecified atom stereocenters. The lowest BCUT2D eigenvalue weighted by Crippen LogP contribution is -2.27. The van der Waals surface area contributed by atoms with Gasteiger partial charge in [0.05, 0.1) is 6.04 Å². The predicted octanol–water partition coefficient (Wildman–Crippen LogP) is 3.40. The molecule has 1 N–H and O–H groups in total. The zero-order valence-electron chi connectivity index (χ0n) is 10.9. The van der Waals surface area contributed by atoms with Crippen LogP contribution in [0, 0.1) is 0 Å². The zero-order valence-corrected chi connectivity index (χ0v) is 11.6. The number of alkyl halides is 1. The quantitative estimate of drug-likeness (QED) is 0.822. The summed E-state index contributed by atoms with van der Waals surface area (Å²) >= 11 is 5.46. The average molecular weight is 254 g/mol. The molecule has 0 aromatic heterocycles. The third-order valence-electron chi connectivity index (χ3n) is 2.78. The van der Waals surface area contributed by atoms with Gasteiger partial charge in [-0.1, -0.05) is 45.0 Å². The Hall–Kier alpha value is -1.02. The van der Waals surface area contributed by atoms with E-state index in [1.807, 2.05) is 6.92 Å². The number of hydrogen-bond donors (Lipinski definition) is 1. The highest BCUT2D eigenvalue weighted by Gasteiger charge is 2.14. The van der Waals surface area contributed by atoms with Crippen molar-refractivity contribution < 1.29 is 4.79 Å². The Morgan fingerprint density at radius 3 is 2.24 bits per heavy atom. The Bertz CT molecular complexity index is 378. The molecule has 3 heteroatoms. The minimum absolute atomic E-state index is 0.00438. The molecule has 0 radical (unpaired) electrons. The van der Waals surface area contributed by atoms with Crippen molar-refractivity contribution in [3.05, 3.63) is 35.4 Å². The van der Waals surface area contributed by atoms with E-state index in [0.29, 0.717) is 0 Å². The molecule has 1 atom stereocenters. The number of hydrogen-bond acceptors (Lipinski definition) is 1. The summed E-state index contributed by atoms with van der Waals surface area (Å²) in [6, 6.07) is 8.33. The highest BCUT2D eigenvalue weighted by molar-refractivity contribution is 6.27. The van der Waals surface area contributed by atoms with Crippen LogP contribution in [0.5, 0.6) is 0 Å². The van der Waals surface area contributed by atoms with E-state index >= 15 is 0 Å². The van der Waals surface area contributed by atoms with Crippen LogP contribution in [0.3, 0.4) is 0 Å². The topological polar surface area (TPSA) is 29.1 Å². The van der Waals surface area contributed by atoms with E-state index in [1.54, 1.807) is 0 Å². The van der Waals surface area contributed by atoms with Crippen molar-refractivity contribution in [1.82, 2.24) is 5.32 Å². The molecule has 0 aliphatic rings. The smallest absolute Gasteiger partial charge is 0.235 e. The minimum Gasteiger partial charge on any atom is -0.349 e. The number of halogens is 1. The molecule has 0 saturated heterocycles. The van der Waals surface area contributed by atoms with E-state index in [4.69, 9.17) is 11.6 Å². The van der Waals surface area contributed by atoms with Gasteiger partial charge >= 0.3 is 0 Å². The van der Waals surface area contributed by atoms with Crippen molar-refractivity contribution in [2.45, 2.75) is 39.2 Å². The lowest BCUT2D eigenvalue weighted by molar-refractivity contribution is -0.119. The van der Waals surface area contributed by atoms with E-state index in [-0.39, 0.29) is 23.2 Å². The number of nitrogens with one attached hydrogen (secondary N) is 1. The first-order chi connectivity index (χ1) is 7.84. The maximum atomic E-state index is 11.2. The van der Waals surface area contributed by atoms with Gasteiger partial charge in [0.25, 0.3) is 0 Å². The van der Waals surface area contributed by atoms with Crippen LogP contribution in [0.25, 0.3) is 0 Å². The Balaban J connectivity index is 2.77. The average Bonchev–Trinajstić information content (AvgIpc) is 2.27. The second kappa shape index (κ2) is 5.54. The molecule has 2 nitrogen and oxygen atoms in total. The highest BCUT2D eigenvalue weighted by atomic mass is 35.5. The molecule has 0 saturated carbocycles. The standard InChI is InChI=1S/C14H20ClNO/c1-10(16-13(17)9-15)11-5-7-12(8-6-11)14(2,3)4/h5-8,10H,9H2,1-4H3,(H,16,17)/t10-/m1/s1. The van der Waals surface area contributed by atoms with Gasteiger partial charge in [0, 0.05) is 0 Å². The van der Waals surface area contributed by atoms with E-state index in [2.05, 4.69) is 50.4 Å². The van der Waals surface area contributed by atoms with Crippen molar-refractivity contribution in [3.8, 4) is 0 Å². The van der Waals surface area contributed by atoms with Crippen molar-refractivity contribution in [2.24, 2.45) is 0 Å². The SMILES string of the molecule is C[C@@H](NC(=O)CCl)c1ccc(C(C)(C)C)cc1. The van der Waals surface area contributed by atoms with Crippen LogP contribution < -0.4 is 5.32 Å². The van der Waals surface area contributed by atoms with Crippen LogP contribution in [0.2, 0.25) is 0 Å². The first kappa shape index (κ1) is 14.0. The van der Waals surface area contributed by atoms with Crippen LogP contribution >= 0.6 is 11.6 Å². The fourth-order valence-electron chi connectivity index (χ4n) is 1.64. The van der Waals surface area contributed by atoms with Crippen LogP contribution in [0.4, 0.5) is 0 Å². The van der Waals surface area contributed by atoms with Crippen LogP contribution in [-0.4, -0.2) is 11.8 Å². The van der Waals surface area contributed by atoms with E-state index in [0.717, 1.165) is 5.56 Å². The molecular weight excluding hydrogens is 234 g/mol. The molecule has 1 aromatic carbocycles. The summed E-state index contributed by atoms with van der Waals surface area (Å²) in [4.78, 5) is 11.2. The van der Waals surface area contributed by atoms with Crippen LogP contribution in [0.15, 0.2) is 24.3 Å². The minimum atomic E-state index is -0.140. The molecular formula is C14H20ClNO. The molecule has 1 aromatic rings. The second-order valence-corrected chi connectivity index (χ2v) is 5.56. The van der Waals surface area contributed by atoms with E-state index < -0.39 is 0 Å². The largest absolute Gasteiger partial charge is 0.349 e. The molecule has 1 amide bonds. The van der Waals surface area contributed by atoms with E-state index in [1.165, 1.54) is 5.56 Å². The molecule has 0 aliphatic carbocycles. The molecule has 0 spiro atoms. The third kappa shape index (κ3) is 4.04. The number of carbonyl (C=O) groups is 1. The van der Waals surface area contributed by atoms with Crippen LogP contribution in [0.1, 0.15) is 44.9 Å². The summed E-state index contributed by atoms with van der Waals surface area (Å²) in [6.07, 6.45) is 0. The second-order valence-electron chi connectivity index (χ2n) is 5.29. The van der Waals surface area contributed by atoms with Gasteiger partial charge < -0.3 is 5.32 Å². The van der Waals surface area contributed by atoms with Crippen molar-refractivity contribution >= 4 is 17.5 Å². The highest BCUT2D eigenvalue weighted by Crippen LogP contribution is 2.23. The number of benzene rings is 1. The Morgan fingerprint density at radius 2 is 1.82 bits per heavy atom. The van der Waals surface area contributed by atoms with Gasteiger partial charge in [-0.15, -0.1) is 11.6 Å². The molecule has 94 valence electrons. The fourth-order valence-corrected chi connectivity index (χ4v) is 1.71. The summed E-state index contributed by atoms with van der Waals surface area (Å²) in [5, 5.41) is 2.83. The first-order valence-corrected chi connectivity index (χ1v) is 6.34. The normalized spacial score (nSPS) is 13.2. The summed E-state index contributed by atoms with van der Waals surface area (Å²) in [6.45, 7) is 8.50. The summed E-state index contributed by atoms with van der Waals surface area (Å²) in [7, 11) is 0. The molecule has 0 bridgehead atoms. The first-order valence-electron chi connectivity index (χ1n) is 5.80. The lowest BCUT2D eigenvalue weighted by atomic mass is 9.86. The summed E-state index contributed by atoms with van der Waals surface area (Å²) < 4.78 is 0. The molecule has 0 fully saturated rings. The third-order valence-corrected chi connectivity index (χ3v) is 3.02. The molecule has 0 heterocycles. The maximum absolute atomic E-state index is 11.2. The number of carbonyl (C=O) groups excluding carboxylic acids is 1. The van der Waals surface area contributed by atoms with Crippen LogP contribution in [-0.2, 0) is 10.2 Å². The Kier molecular flexibility index (Phi) is 4.58. The molecule has 1 rings (SSSR count). The molecule has 0 aliphatic heterocycles. The van der Waals surface area contributed by atoms with Crippen molar-refractivity contribution in [2.75, 3.05) is 5.88 Å². The van der Waals surface area contributed by atoms with Crippen molar-refractivity contribution in [3.63, 3.8) is 0 Å². The van der Waals surface area contributed by atoms with E-state index in [9.17, 15) is 4.79 Å². The molecule has 17 heavy (non-hydrogen) atoms. The summed E-state index contributed by atoms with van der Waals surface area (Å²) in [5.41, 5.74) is 2.54. The number of rotatable bonds is 3. The van der Waals surface area contributed by atoms with Gasteiger partial charge in [0.15, 0.2) is 0 Å². The predicted molar refractivity (Wildman–Crippen MR) is 72.4 cm³/mol. The lowest BCUT2D eigenvalue weighted by Gasteiger charge is -2.20. The van der Waals surface area contributed by atoms with Gasteiger partial charge in [0.2, 0.25) is 5.91 Å². The van der Waals surface area contributed by atoms with Gasteiger partial charge in [-0.2, -0.15) is 0 Å². The number of amides is 1. The fraction of sp³-hybridized carbons (Fsp3) is 0.500. The monoisotopic (exact) mass is 253 g/mol. The summed E-state index contributed by atoms with van der Waals surface area (Å²) in [5.74, 6) is -0.135. The van der Waals surface area contributed by atoms with Gasteiger partial charge in [-0.25, -0.2) is 0 Å².